The molecule has 1 aliphatic heterocycles. The van der Waals surface area contributed by atoms with Gasteiger partial charge in [-0.1, -0.05) is 30.3 Å². The molecule has 0 bridgehead atoms. The number of fused-ring (bicyclic) bond motifs is 2. The van der Waals surface area contributed by atoms with Crippen molar-refractivity contribution in [3.05, 3.63) is 94.2 Å². The smallest absolute Gasteiger partial charge is 0.275 e. The van der Waals surface area contributed by atoms with Gasteiger partial charge in [-0.05, 0) is 42.3 Å². The van der Waals surface area contributed by atoms with Gasteiger partial charge in [0.05, 0.1) is 17.1 Å². The Morgan fingerprint density at radius 3 is 2.65 bits per heavy atom. The molecular formula is C26H24N4O4. The Bertz CT molecular complexity index is 1400. The molecule has 172 valence electrons. The molecule has 2 aromatic carbocycles. The van der Waals surface area contributed by atoms with Crippen molar-refractivity contribution >= 4 is 16.7 Å². The van der Waals surface area contributed by atoms with Crippen LogP contribution in [-0.2, 0) is 17.8 Å². The summed E-state index contributed by atoms with van der Waals surface area (Å²) in [7, 11) is 0. The standard InChI is InChI=1S/C26H24N4O4/c1-17(19-8-9-23-24(14-19)34-12-11-33-23)28-25(31)16-30-26(32)21-7-3-2-6-20(21)22(29-30)13-18-5-4-10-27-15-18/h2-10,14-15,17H,11-13,16H2,1H3,(H,28,31)/t17-/m1/s1. The van der Waals surface area contributed by atoms with Crippen LogP contribution in [0, 0.1) is 0 Å². The topological polar surface area (TPSA) is 95.3 Å². The Balaban J connectivity index is 1.38. The molecule has 3 heterocycles. The highest BCUT2D eigenvalue weighted by Gasteiger charge is 2.18. The van der Waals surface area contributed by atoms with E-state index in [1.165, 1.54) is 4.68 Å². The Hall–Kier alpha value is -4.20. The number of hydrogen-bond donors (Lipinski definition) is 1. The van der Waals surface area contributed by atoms with E-state index in [9.17, 15) is 9.59 Å². The van der Waals surface area contributed by atoms with Crippen molar-refractivity contribution in [2.24, 2.45) is 0 Å². The molecule has 0 radical (unpaired) electrons. The van der Waals surface area contributed by atoms with Crippen LogP contribution >= 0.6 is 0 Å². The van der Waals surface area contributed by atoms with Gasteiger partial charge in [-0.25, -0.2) is 4.68 Å². The molecule has 8 heteroatoms. The second-order valence-electron chi connectivity index (χ2n) is 8.19. The van der Waals surface area contributed by atoms with E-state index in [4.69, 9.17) is 9.47 Å². The van der Waals surface area contributed by atoms with Crippen LogP contribution in [0.2, 0.25) is 0 Å². The quantitative estimate of drug-likeness (QED) is 0.479. The van der Waals surface area contributed by atoms with Gasteiger partial charge in [-0.15, -0.1) is 0 Å². The van der Waals surface area contributed by atoms with Crippen molar-refractivity contribution in [3.63, 3.8) is 0 Å². The van der Waals surface area contributed by atoms with E-state index in [2.05, 4.69) is 15.4 Å². The maximum absolute atomic E-state index is 13.1. The predicted molar refractivity (Wildman–Crippen MR) is 127 cm³/mol. The summed E-state index contributed by atoms with van der Waals surface area (Å²) in [6, 6.07) is 16.5. The Morgan fingerprint density at radius 1 is 1.06 bits per heavy atom. The number of nitrogens with one attached hydrogen (secondary N) is 1. The minimum absolute atomic E-state index is 0.182. The fourth-order valence-electron chi connectivity index (χ4n) is 4.07. The highest BCUT2D eigenvalue weighted by atomic mass is 16.6. The van der Waals surface area contributed by atoms with E-state index < -0.39 is 0 Å². The van der Waals surface area contributed by atoms with Crippen molar-refractivity contribution in [3.8, 4) is 11.5 Å². The third-order valence-electron chi connectivity index (χ3n) is 5.78. The van der Waals surface area contributed by atoms with Crippen LogP contribution in [0.4, 0.5) is 0 Å². The van der Waals surface area contributed by atoms with Gasteiger partial charge in [0.15, 0.2) is 11.5 Å². The van der Waals surface area contributed by atoms with Gasteiger partial charge >= 0.3 is 0 Å². The number of benzene rings is 2. The van der Waals surface area contributed by atoms with Crippen molar-refractivity contribution < 1.29 is 14.3 Å². The molecule has 0 aliphatic carbocycles. The number of nitrogens with zero attached hydrogens (tertiary/aromatic N) is 3. The van der Waals surface area contributed by atoms with Crippen molar-refractivity contribution in [2.45, 2.75) is 25.9 Å². The van der Waals surface area contributed by atoms with Crippen LogP contribution in [0.15, 0.2) is 71.8 Å². The molecule has 0 saturated heterocycles. The minimum Gasteiger partial charge on any atom is -0.486 e. The summed E-state index contributed by atoms with van der Waals surface area (Å²) in [5, 5.41) is 8.81. The molecule has 0 fully saturated rings. The lowest BCUT2D eigenvalue weighted by Gasteiger charge is -2.21. The third kappa shape index (κ3) is 4.47. The highest BCUT2D eigenvalue weighted by Crippen LogP contribution is 2.32. The summed E-state index contributed by atoms with van der Waals surface area (Å²) >= 11 is 0. The molecule has 0 unspecified atom stereocenters. The van der Waals surface area contributed by atoms with Crippen molar-refractivity contribution in [1.29, 1.82) is 0 Å². The number of amides is 1. The van der Waals surface area contributed by atoms with Crippen molar-refractivity contribution in [1.82, 2.24) is 20.1 Å². The van der Waals surface area contributed by atoms with Crippen LogP contribution in [-0.4, -0.2) is 33.9 Å². The van der Waals surface area contributed by atoms with E-state index in [1.54, 1.807) is 18.5 Å². The summed E-state index contributed by atoms with van der Waals surface area (Å²) in [5.74, 6) is 1.05. The second kappa shape index (κ2) is 9.35. The zero-order chi connectivity index (χ0) is 23.5. The first-order chi connectivity index (χ1) is 16.6. The maximum Gasteiger partial charge on any atom is 0.275 e. The number of aromatic nitrogens is 3. The third-order valence-corrected chi connectivity index (χ3v) is 5.78. The molecule has 0 spiro atoms. The van der Waals surface area contributed by atoms with Gasteiger partial charge in [0.2, 0.25) is 5.91 Å². The lowest BCUT2D eigenvalue weighted by molar-refractivity contribution is -0.122. The van der Waals surface area contributed by atoms with Gasteiger partial charge in [0, 0.05) is 24.2 Å². The Kier molecular flexibility index (Phi) is 5.95. The maximum atomic E-state index is 13.1. The summed E-state index contributed by atoms with van der Waals surface area (Å²) in [4.78, 5) is 30.1. The SMILES string of the molecule is C[C@@H](NC(=O)Cn1nc(Cc2cccnc2)c2ccccc2c1=O)c1ccc2c(c1)OCCO2. The number of ether oxygens (including phenoxy) is 2. The normalized spacial score (nSPS) is 13.4. The number of carbonyl (C=O) groups excluding carboxylic acids is 1. The van der Waals surface area contributed by atoms with Crippen LogP contribution in [0.3, 0.4) is 0 Å². The van der Waals surface area contributed by atoms with E-state index in [0.29, 0.717) is 36.5 Å². The van der Waals surface area contributed by atoms with E-state index in [-0.39, 0.29) is 24.1 Å². The van der Waals surface area contributed by atoms with E-state index >= 15 is 0 Å². The lowest BCUT2D eigenvalue weighted by atomic mass is 10.1. The molecule has 34 heavy (non-hydrogen) atoms. The molecule has 8 nitrogen and oxygen atoms in total. The molecular weight excluding hydrogens is 432 g/mol. The van der Waals surface area contributed by atoms with Crippen LogP contribution < -0.4 is 20.3 Å². The lowest BCUT2D eigenvalue weighted by Crippen LogP contribution is -2.35. The van der Waals surface area contributed by atoms with Crippen LogP contribution in [0.1, 0.15) is 29.8 Å². The van der Waals surface area contributed by atoms with E-state index in [1.807, 2.05) is 55.5 Å². The van der Waals surface area contributed by atoms with Gasteiger partial charge in [-0.2, -0.15) is 5.10 Å². The molecule has 2 aromatic heterocycles. The second-order valence-corrected chi connectivity index (χ2v) is 8.19. The first-order valence-corrected chi connectivity index (χ1v) is 11.1. The van der Waals surface area contributed by atoms with Gasteiger partial charge < -0.3 is 14.8 Å². The monoisotopic (exact) mass is 456 g/mol. The fraction of sp³-hybridized carbons (Fsp3) is 0.231. The van der Waals surface area contributed by atoms with Gasteiger partial charge in [0.1, 0.15) is 19.8 Å². The first-order valence-electron chi connectivity index (χ1n) is 11.1. The van der Waals surface area contributed by atoms with Crippen LogP contribution in [0.25, 0.3) is 10.8 Å². The molecule has 5 rings (SSSR count). The summed E-state index contributed by atoms with van der Waals surface area (Å²) in [6.07, 6.45) is 3.99. The summed E-state index contributed by atoms with van der Waals surface area (Å²) in [6.45, 7) is 2.72. The molecule has 1 atom stereocenters. The summed E-state index contributed by atoms with van der Waals surface area (Å²) < 4.78 is 12.4. The number of carbonyl (C=O) groups is 1. The van der Waals surface area contributed by atoms with Crippen LogP contribution in [0.5, 0.6) is 11.5 Å². The molecule has 1 aliphatic rings. The first kappa shape index (κ1) is 21.6. The summed E-state index contributed by atoms with van der Waals surface area (Å²) in [5.41, 5.74) is 2.28. The number of pyridine rings is 1. The largest absolute Gasteiger partial charge is 0.486 e. The van der Waals surface area contributed by atoms with Gasteiger partial charge in [-0.3, -0.25) is 14.6 Å². The fourth-order valence-corrected chi connectivity index (χ4v) is 4.07. The molecule has 4 aromatic rings. The predicted octanol–water partition coefficient (Wildman–Crippen LogP) is 3.03. The zero-order valence-corrected chi connectivity index (χ0v) is 18.7. The highest BCUT2D eigenvalue weighted by molar-refractivity contribution is 5.84. The number of hydrogen-bond acceptors (Lipinski definition) is 6. The Labute approximate surface area is 196 Å². The van der Waals surface area contributed by atoms with Gasteiger partial charge in [0.25, 0.3) is 5.56 Å². The average molecular weight is 457 g/mol. The van der Waals surface area contributed by atoms with Crippen molar-refractivity contribution in [2.75, 3.05) is 13.2 Å². The molecule has 0 saturated carbocycles. The minimum atomic E-state index is -0.306. The number of rotatable bonds is 6. The molecule has 1 amide bonds. The Morgan fingerprint density at radius 2 is 1.85 bits per heavy atom. The zero-order valence-electron chi connectivity index (χ0n) is 18.7. The van der Waals surface area contributed by atoms with E-state index in [0.717, 1.165) is 22.2 Å². The average Bonchev–Trinajstić information content (AvgIpc) is 2.87. The molecule has 1 N–H and O–H groups in total.